The lowest BCUT2D eigenvalue weighted by Gasteiger charge is -2.09. The van der Waals surface area contributed by atoms with Gasteiger partial charge in [-0.2, -0.15) is 5.26 Å². The predicted octanol–water partition coefficient (Wildman–Crippen LogP) is 1.77. The normalized spacial score (nSPS) is 10.9. The van der Waals surface area contributed by atoms with Crippen molar-refractivity contribution < 1.29 is 12.8 Å². The van der Waals surface area contributed by atoms with Gasteiger partial charge < -0.3 is 0 Å². The minimum absolute atomic E-state index is 0.0277. The maximum Gasteiger partial charge on any atom is 0.232 e. The highest BCUT2D eigenvalue weighted by atomic mass is 32.2. The number of benzene rings is 1. The van der Waals surface area contributed by atoms with E-state index < -0.39 is 15.8 Å². The van der Waals surface area contributed by atoms with Crippen LogP contribution < -0.4 is 4.72 Å². The number of rotatable bonds is 3. The molecule has 0 radical (unpaired) electrons. The summed E-state index contributed by atoms with van der Waals surface area (Å²) in [7, 11) is -3.46. The number of nitrogens with one attached hydrogen (secondary N) is 1. The molecule has 1 aromatic rings. The van der Waals surface area contributed by atoms with E-state index in [1.807, 2.05) is 0 Å². The topological polar surface area (TPSA) is 70.0 Å². The molecule has 0 amide bonds. The van der Waals surface area contributed by atoms with Crippen LogP contribution in [-0.2, 0) is 10.0 Å². The van der Waals surface area contributed by atoms with E-state index in [9.17, 15) is 12.8 Å². The molecule has 0 aliphatic rings. The molecule has 0 aromatic heterocycles. The number of hydrogen-bond donors (Lipinski definition) is 1. The van der Waals surface area contributed by atoms with E-state index >= 15 is 0 Å². The molecule has 1 rings (SSSR count). The van der Waals surface area contributed by atoms with Gasteiger partial charge in [0, 0.05) is 0 Å². The van der Waals surface area contributed by atoms with Crippen LogP contribution in [0.3, 0.4) is 0 Å². The first-order chi connectivity index (χ1) is 7.39. The van der Waals surface area contributed by atoms with E-state index in [1.165, 1.54) is 19.9 Å². The molecule has 6 heteroatoms. The van der Waals surface area contributed by atoms with Gasteiger partial charge >= 0.3 is 0 Å². The monoisotopic (exact) mass is 242 g/mol. The summed E-state index contributed by atoms with van der Waals surface area (Å²) in [6, 6.07) is 4.07. The second-order valence-electron chi connectivity index (χ2n) is 3.26. The van der Waals surface area contributed by atoms with Gasteiger partial charge in [-0.25, -0.2) is 12.8 Å². The summed E-state index contributed by atoms with van der Waals surface area (Å²) in [5.41, 5.74) is 0.371. The number of sulfonamides is 1. The van der Waals surface area contributed by atoms with Gasteiger partial charge in [-0.15, -0.1) is 0 Å². The van der Waals surface area contributed by atoms with Crippen molar-refractivity contribution in [2.45, 2.75) is 13.8 Å². The van der Waals surface area contributed by atoms with Crippen LogP contribution in [-0.4, -0.2) is 14.2 Å². The molecule has 0 saturated carbocycles. The molecule has 1 aromatic carbocycles. The van der Waals surface area contributed by atoms with Crippen LogP contribution in [0.4, 0.5) is 10.1 Å². The largest absolute Gasteiger partial charge is 0.282 e. The molecule has 0 spiro atoms. The Morgan fingerprint density at radius 3 is 2.62 bits per heavy atom. The van der Waals surface area contributed by atoms with Crippen molar-refractivity contribution in [2.24, 2.45) is 0 Å². The van der Waals surface area contributed by atoms with Gasteiger partial charge in [0.25, 0.3) is 0 Å². The van der Waals surface area contributed by atoms with Crippen LogP contribution in [0.25, 0.3) is 0 Å². The lowest BCUT2D eigenvalue weighted by Crippen LogP contribution is -2.15. The molecular formula is C10H11FN2O2S. The van der Waals surface area contributed by atoms with Gasteiger partial charge in [0.1, 0.15) is 11.9 Å². The molecule has 4 nitrogen and oxygen atoms in total. The summed E-state index contributed by atoms with van der Waals surface area (Å²) in [4.78, 5) is 0. The van der Waals surface area contributed by atoms with Crippen LogP contribution in [0.5, 0.6) is 0 Å². The zero-order valence-corrected chi connectivity index (χ0v) is 9.73. The molecule has 0 fully saturated rings. The van der Waals surface area contributed by atoms with Crippen LogP contribution in [0, 0.1) is 24.1 Å². The van der Waals surface area contributed by atoms with E-state index in [1.54, 1.807) is 6.07 Å². The first-order valence-corrected chi connectivity index (χ1v) is 6.25. The fraction of sp³-hybridized carbons (Fsp3) is 0.300. The zero-order valence-electron chi connectivity index (χ0n) is 8.91. The fourth-order valence-corrected chi connectivity index (χ4v) is 1.75. The average Bonchev–Trinajstić information content (AvgIpc) is 2.22. The van der Waals surface area contributed by atoms with Crippen LogP contribution in [0.1, 0.15) is 18.1 Å². The van der Waals surface area contributed by atoms with Gasteiger partial charge in [-0.05, 0) is 31.5 Å². The van der Waals surface area contributed by atoms with Crippen LogP contribution in [0.2, 0.25) is 0 Å². The first-order valence-electron chi connectivity index (χ1n) is 4.60. The summed E-state index contributed by atoms with van der Waals surface area (Å²) < 4.78 is 38.0. The minimum Gasteiger partial charge on any atom is -0.282 e. The molecular weight excluding hydrogens is 231 g/mol. The SMILES string of the molecule is CCS(=O)(=O)Nc1cc(C)c(F)cc1C#N. The number of hydrogen-bond acceptors (Lipinski definition) is 3. The van der Waals surface area contributed by atoms with Gasteiger partial charge in [0.05, 0.1) is 17.0 Å². The summed E-state index contributed by atoms with van der Waals surface area (Å²) in [6.07, 6.45) is 0. The third-order valence-corrected chi connectivity index (χ3v) is 3.36. The standard InChI is InChI=1S/C10H11FN2O2S/c1-3-16(14,15)13-10-4-7(2)9(11)5-8(10)6-12/h4-5,13H,3H2,1-2H3. The number of nitriles is 1. The molecule has 0 heterocycles. The molecule has 0 bridgehead atoms. The van der Waals surface area contributed by atoms with E-state index in [2.05, 4.69) is 4.72 Å². The van der Waals surface area contributed by atoms with Crippen molar-refractivity contribution in [1.82, 2.24) is 0 Å². The fourth-order valence-electron chi connectivity index (χ4n) is 1.10. The summed E-state index contributed by atoms with van der Waals surface area (Å²) in [6.45, 7) is 2.98. The van der Waals surface area contributed by atoms with Crippen molar-refractivity contribution in [3.05, 3.63) is 29.1 Å². The van der Waals surface area contributed by atoms with Crippen molar-refractivity contribution >= 4 is 15.7 Å². The summed E-state index contributed by atoms with van der Waals surface area (Å²) in [5, 5.41) is 8.75. The quantitative estimate of drug-likeness (QED) is 0.878. The van der Waals surface area contributed by atoms with Crippen LogP contribution >= 0.6 is 0 Å². The van der Waals surface area contributed by atoms with Crippen molar-refractivity contribution in [3.8, 4) is 6.07 Å². The molecule has 0 unspecified atom stereocenters. The highest BCUT2D eigenvalue weighted by Crippen LogP contribution is 2.20. The van der Waals surface area contributed by atoms with Gasteiger partial charge in [0.15, 0.2) is 0 Å². The Hall–Kier alpha value is -1.61. The summed E-state index contributed by atoms with van der Waals surface area (Å²) >= 11 is 0. The molecule has 16 heavy (non-hydrogen) atoms. The van der Waals surface area contributed by atoms with Crippen LogP contribution in [0.15, 0.2) is 12.1 Å². The molecule has 0 saturated heterocycles. The van der Waals surface area contributed by atoms with Gasteiger partial charge in [-0.3, -0.25) is 4.72 Å². The Morgan fingerprint density at radius 2 is 2.12 bits per heavy atom. The van der Waals surface area contributed by atoms with E-state index in [0.29, 0.717) is 0 Å². The van der Waals surface area contributed by atoms with Crippen molar-refractivity contribution in [1.29, 1.82) is 5.26 Å². The van der Waals surface area contributed by atoms with E-state index in [0.717, 1.165) is 6.07 Å². The molecule has 86 valence electrons. The Bertz CT molecular complexity index is 547. The smallest absolute Gasteiger partial charge is 0.232 e. The third kappa shape index (κ3) is 2.70. The Morgan fingerprint density at radius 1 is 1.50 bits per heavy atom. The minimum atomic E-state index is -3.46. The van der Waals surface area contributed by atoms with Crippen molar-refractivity contribution in [2.75, 3.05) is 10.5 Å². The summed E-state index contributed by atoms with van der Waals surface area (Å²) in [5.74, 6) is -0.634. The van der Waals surface area contributed by atoms with Crippen molar-refractivity contribution in [3.63, 3.8) is 0 Å². The van der Waals surface area contributed by atoms with E-state index in [-0.39, 0.29) is 22.6 Å². The first kappa shape index (κ1) is 12.5. The highest BCUT2D eigenvalue weighted by Gasteiger charge is 2.12. The number of nitrogens with zero attached hydrogens (tertiary/aromatic N) is 1. The predicted molar refractivity (Wildman–Crippen MR) is 58.9 cm³/mol. The molecule has 1 N–H and O–H groups in total. The Labute approximate surface area is 93.8 Å². The molecule has 0 aliphatic heterocycles. The number of halogens is 1. The molecule has 0 atom stereocenters. The maximum absolute atomic E-state index is 13.1. The zero-order chi connectivity index (χ0) is 12.3. The second-order valence-corrected chi connectivity index (χ2v) is 5.28. The number of anilines is 1. The van der Waals surface area contributed by atoms with E-state index in [4.69, 9.17) is 5.26 Å². The van der Waals surface area contributed by atoms with Gasteiger partial charge in [0.2, 0.25) is 10.0 Å². The Balaban J connectivity index is 3.25. The lowest BCUT2D eigenvalue weighted by atomic mass is 10.1. The molecule has 0 aliphatic carbocycles. The van der Waals surface area contributed by atoms with Gasteiger partial charge in [-0.1, -0.05) is 0 Å². The average molecular weight is 242 g/mol. The lowest BCUT2D eigenvalue weighted by molar-refractivity contribution is 0.602. The highest BCUT2D eigenvalue weighted by molar-refractivity contribution is 7.92. The Kier molecular flexibility index (Phi) is 3.50. The maximum atomic E-state index is 13.1. The number of aryl methyl sites for hydroxylation is 1. The second kappa shape index (κ2) is 4.49. The third-order valence-electron chi connectivity index (χ3n) is 2.06.